The van der Waals surface area contributed by atoms with E-state index >= 15 is 0 Å². The zero-order chi connectivity index (χ0) is 15.1. The molecule has 1 aliphatic heterocycles. The first-order valence-electron chi connectivity index (χ1n) is 7.75. The second-order valence-electron chi connectivity index (χ2n) is 6.94. The highest BCUT2D eigenvalue weighted by Gasteiger charge is 2.65. The Balaban J connectivity index is 1.95. The molecule has 0 aromatic heterocycles. The number of hydrogen-bond donors (Lipinski definition) is 1. The Labute approximate surface area is 134 Å². The maximum atomic E-state index is 12.2. The van der Waals surface area contributed by atoms with Crippen molar-refractivity contribution in [2.24, 2.45) is 0 Å². The maximum Gasteiger partial charge on any atom is 0.279 e. The van der Waals surface area contributed by atoms with Crippen LogP contribution in [0.3, 0.4) is 0 Å². The highest BCUT2D eigenvalue weighted by atomic mass is 32.2. The summed E-state index contributed by atoms with van der Waals surface area (Å²) in [7, 11) is 0. The number of amides is 1. The third-order valence-electron chi connectivity index (χ3n) is 6.09. The molecule has 4 aliphatic rings. The lowest BCUT2D eigenvalue weighted by molar-refractivity contribution is 0.241. The molecule has 6 rings (SSSR count). The summed E-state index contributed by atoms with van der Waals surface area (Å²) in [6, 6.07) is 17.7. The molecular formula is C19H17NOS. The fraction of sp³-hybridized carbons (Fsp3) is 0.316. The average Bonchev–Trinajstić information content (AvgIpc) is 2.95. The van der Waals surface area contributed by atoms with E-state index in [-0.39, 0.29) is 27.4 Å². The summed E-state index contributed by atoms with van der Waals surface area (Å²) in [6.45, 7) is 4.61. The summed E-state index contributed by atoms with van der Waals surface area (Å²) in [5.41, 5.74) is 5.28. The standard InChI is InChI=1S/C19H17NOS/c1-18-11-7-3-5-9-13(11)19(2,14-10-6-4-8-12(14)18)16-15(18)20-17(21)22-16/h3-10,15-16H,1-2H3,(H,20,21)/t15-,16+,18?,19?/m0/s1. The van der Waals surface area contributed by atoms with Gasteiger partial charge in [0.1, 0.15) is 0 Å². The SMILES string of the molecule is CC12c3ccccc3C(C)(c3ccccc31)[C@H]1NC(=O)S[C@H]12. The molecule has 0 saturated carbocycles. The molecule has 2 aromatic carbocycles. The van der Waals surface area contributed by atoms with Crippen LogP contribution in [0.1, 0.15) is 36.1 Å². The molecule has 1 saturated heterocycles. The van der Waals surface area contributed by atoms with Crippen LogP contribution >= 0.6 is 11.8 Å². The molecule has 110 valence electrons. The van der Waals surface area contributed by atoms with E-state index in [1.807, 2.05) is 0 Å². The second-order valence-corrected chi connectivity index (χ2v) is 8.06. The van der Waals surface area contributed by atoms with E-state index in [2.05, 4.69) is 67.7 Å². The third-order valence-corrected chi connectivity index (χ3v) is 7.42. The Morgan fingerprint density at radius 3 is 1.82 bits per heavy atom. The number of benzene rings is 2. The second kappa shape index (κ2) is 3.77. The van der Waals surface area contributed by atoms with E-state index < -0.39 is 0 Å². The predicted octanol–water partition coefficient (Wildman–Crippen LogP) is 3.82. The van der Waals surface area contributed by atoms with Gasteiger partial charge >= 0.3 is 0 Å². The summed E-state index contributed by atoms with van der Waals surface area (Å²) in [5.74, 6) is 0. The minimum Gasteiger partial charge on any atom is -0.342 e. The number of carbonyl (C=O) groups is 1. The Bertz CT molecular complexity index is 714. The van der Waals surface area contributed by atoms with Crippen LogP contribution in [0.4, 0.5) is 4.79 Å². The maximum absolute atomic E-state index is 12.2. The van der Waals surface area contributed by atoms with E-state index in [0.29, 0.717) is 0 Å². The van der Waals surface area contributed by atoms with Gasteiger partial charge in [-0.25, -0.2) is 0 Å². The molecule has 2 aromatic rings. The Kier molecular flexibility index (Phi) is 2.19. The van der Waals surface area contributed by atoms with Gasteiger partial charge in [-0.3, -0.25) is 4.79 Å². The summed E-state index contributed by atoms with van der Waals surface area (Å²) >= 11 is 1.49. The van der Waals surface area contributed by atoms with Crippen LogP contribution in [0, 0.1) is 0 Å². The third kappa shape index (κ3) is 1.17. The van der Waals surface area contributed by atoms with Crippen molar-refractivity contribution in [2.45, 2.75) is 36.0 Å². The fourth-order valence-corrected chi connectivity index (χ4v) is 6.42. The molecule has 1 N–H and O–H groups in total. The average molecular weight is 307 g/mol. The van der Waals surface area contributed by atoms with Crippen LogP contribution in [0.2, 0.25) is 0 Å². The molecule has 0 radical (unpaired) electrons. The number of thioether (sulfide) groups is 1. The lowest BCUT2D eigenvalue weighted by Crippen LogP contribution is -2.64. The van der Waals surface area contributed by atoms with Crippen LogP contribution in [0.25, 0.3) is 0 Å². The highest BCUT2D eigenvalue weighted by Crippen LogP contribution is 2.63. The van der Waals surface area contributed by atoms with E-state index in [4.69, 9.17) is 0 Å². The van der Waals surface area contributed by atoms with Crippen molar-refractivity contribution in [3.8, 4) is 0 Å². The first-order valence-corrected chi connectivity index (χ1v) is 8.63. The van der Waals surface area contributed by atoms with E-state index in [0.717, 1.165) is 0 Å². The number of hydrogen-bond acceptors (Lipinski definition) is 2. The quantitative estimate of drug-likeness (QED) is 0.801. The van der Waals surface area contributed by atoms with Gasteiger partial charge in [0.05, 0.1) is 6.04 Å². The van der Waals surface area contributed by atoms with Gasteiger partial charge in [-0.15, -0.1) is 0 Å². The molecule has 1 fully saturated rings. The largest absolute Gasteiger partial charge is 0.342 e. The van der Waals surface area contributed by atoms with E-state index in [9.17, 15) is 4.79 Å². The monoisotopic (exact) mass is 307 g/mol. The number of rotatable bonds is 0. The van der Waals surface area contributed by atoms with Crippen molar-refractivity contribution in [3.63, 3.8) is 0 Å². The summed E-state index contributed by atoms with van der Waals surface area (Å²) in [5, 5.41) is 3.64. The summed E-state index contributed by atoms with van der Waals surface area (Å²) in [6.07, 6.45) is 0. The minimum absolute atomic E-state index is 0.112. The molecule has 3 heteroatoms. The van der Waals surface area contributed by atoms with Crippen LogP contribution < -0.4 is 5.32 Å². The zero-order valence-electron chi connectivity index (χ0n) is 12.6. The van der Waals surface area contributed by atoms with Crippen LogP contribution in [-0.2, 0) is 10.8 Å². The Hall–Kier alpha value is -1.74. The van der Waals surface area contributed by atoms with Crippen molar-refractivity contribution in [1.82, 2.24) is 5.32 Å². The van der Waals surface area contributed by atoms with Gasteiger partial charge in [0.15, 0.2) is 0 Å². The van der Waals surface area contributed by atoms with Gasteiger partial charge in [-0.05, 0) is 29.2 Å². The first kappa shape index (κ1) is 12.8. The topological polar surface area (TPSA) is 29.1 Å². The molecule has 2 bridgehead atoms. The van der Waals surface area contributed by atoms with Gasteiger partial charge < -0.3 is 5.32 Å². The van der Waals surface area contributed by atoms with Crippen LogP contribution in [0.15, 0.2) is 48.5 Å². The van der Waals surface area contributed by atoms with Crippen LogP contribution in [0.5, 0.6) is 0 Å². The molecule has 3 aliphatic carbocycles. The highest BCUT2D eigenvalue weighted by molar-refractivity contribution is 8.14. The zero-order valence-corrected chi connectivity index (χ0v) is 13.4. The molecule has 0 unspecified atom stereocenters. The van der Waals surface area contributed by atoms with Gasteiger partial charge in [0, 0.05) is 16.1 Å². The predicted molar refractivity (Wildman–Crippen MR) is 89.5 cm³/mol. The molecule has 22 heavy (non-hydrogen) atoms. The fourth-order valence-electron chi connectivity index (χ4n) is 5.03. The van der Waals surface area contributed by atoms with Crippen LogP contribution in [-0.4, -0.2) is 16.5 Å². The van der Waals surface area contributed by atoms with Crippen molar-refractivity contribution in [2.75, 3.05) is 0 Å². The Morgan fingerprint density at radius 2 is 1.32 bits per heavy atom. The summed E-state index contributed by atoms with van der Waals surface area (Å²) < 4.78 is 0. The number of carbonyl (C=O) groups excluding carboxylic acids is 1. The smallest absolute Gasteiger partial charge is 0.279 e. The van der Waals surface area contributed by atoms with Crippen molar-refractivity contribution in [3.05, 3.63) is 70.8 Å². The van der Waals surface area contributed by atoms with E-state index in [1.165, 1.54) is 34.0 Å². The summed E-state index contributed by atoms with van der Waals surface area (Å²) in [4.78, 5) is 12.2. The molecule has 1 heterocycles. The lowest BCUT2D eigenvalue weighted by Gasteiger charge is -2.58. The number of nitrogens with one attached hydrogen (secondary N) is 1. The minimum atomic E-state index is -0.144. The normalized spacial score (nSPS) is 37.3. The van der Waals surface area contributed by atoms with Crippen molar-refractivity contribution < 1.29 is 4.79 Å². The molecule has 1 amide bonds. The van der Waals surface area contributed by atoms with Crippen molar-refractivity contribution >= 4 is 17.0 Å². The van der Waals surface area contributed by atoms with Gasteiger partial charge in [-0.2, -0.15) is 0 Å². The molecule has 2 atom stereocenters. The lowest BCUT2D eigenvalue weighted by atomic mass is 9.48. The van der Waals surface area contributed by atoms with Crippen molar-refractivity contribution in [1.29, 1.82) is 0 Å². The van der Waals surface area contributed by atoms with Gasteiger partial charge in [0.2, 0.25) is 0 Å². The van der Waals surface area contributed by atoms with E-state index in [1.54, 1.807) is 0 Å². The molecular weight excluding hydrogens is 290 g/mol. The molecule has 2 nitrogen and oxygen atoms in total. The van der Waals surface area contributed by atoms with Gasteiger partial charge in [0.25, 0.3) is 5.24 Å². The van der Waals surface area contributed by atoms with Gasteiger partial charge in [-0.1, -0.05) is 67.2 Å². The first-order chi connectivity index (χ1) is 10.6. The Morgan fingerprint density at radius 1 is 0.864 bits per heavy atom. The molecule has 0 spiro atoms.